The number of nitro groups is 1. The van der Waals surface area contributed by atoms with Gasteiger partial charge in [0, 0.05) is 35.4 Å². The van der Waals surface area contributed by atoms with E-state index in [1.807, 2.05) is 30.5 Å². The van der Waals surface area contributed by atoms with Gasteiger partial charge in [0.2, 0.25) is 5.91 Å². The number of benzene rings is 2. The van der Waals surface area contributed by atoms with Gasteiger partial charge in [0.1, 0.15) is 6.54 Å². The number of aromatic nitrogens is 2. The number of rotatable bonds is 6. The van der Waals surface area contributed by atoms with Crippen LogP contribution in [0.2, 0.25) is 0 Å². The summed E-state index contributed by atoms with van der Waals surface area (Å²) in [6.07, 6.45) is 3.04. The SMILES string of the molecule is CCCn1ccc2cc(NC(=O)Cn3c(=O)oc4cc([N+](=O)[O-])ccc43)ccc21. The highest BCUT2D eigenvalue weighted by Gasteiger charge is 2.16. The Bertz CT molecular complexity index is 1300. The Morgan fingerprint density at radius 1 is 1.17 bits per heavy atom. The molecule has 29 heavy (non-hydrogen) atoms. The molecule has 4 rings (SSSR count). The number of fused-ring (bicyclic) bond motifs is 2. The quantitative estimate of drug-likeness (QED) is 0.397. The molecule has 4 aromatic rings. The largest absolute Gasteiger partial charge is 0.420 e. The summed E-state index contributed by atoms with van der Waals surface area (Å²) in [5.74, 6) is -1.15. The van der Waals surface area contributed by atoms with Gasteiger partial charge in [-0.2, -0.15) is 0 Å². The Balaban J connectivity index is 1.55. The summed E-state index contributed by atoms with van der Waals surface area (Å²) < 4.78 is 8.34. The lowest BCUT2D eigenvalue weighted by Crippen LogP contribution is -2.24. The number of anilines is 1. The monoisotopic (exact) mass is 394 g/mol. The fraction of sp³-hybridized carbons (Fsp3) is 0.200. The van der Waals surface area contributed by atoms with Crippen LogP contribution in [0.15, 0.2) is 57.9 Å². The molecule has 0 atom stereocenters. The molecule has 9 heteroatoms. The van der Waals surface area contributed by atoms with Crippen LogP contribution in [-0.2, 0) is 17.9 Å². The van der Waals surface area contributed by atoms with Crippen LogP contribution in [0.4, 0.5) is 11.4 Å². The first kappa shape index (κ1) is 18.5. The molecule has 0 fully saturated rings. The number of nitrogens with zero attached hydrogens (tertiary/aromatic N) is 3. The Kier molecular flexibility index (Phi) is 4.63. The number of oxazole rings is 1. The molecule has 0 aliphatic carbocycles. The Labute approximate surface area is 164 Å². The molecule has 0 saturated carbocycles. The van der Waals surface area contributed by atoms with Crippen molar-refractivity contribution < 1.29 is 14.1 Å². The fourth-order valence-corrected chi connectivity index (χ4v) is 3.38. The fourth-order valence-electron chi connectivity index (χ4n) is 3.38. The molecular weight excluding hydrogens is 376 g/mol. The van der Waals surface area contributed by atoms with E-state index < -0.39 is 16.6 Å². The normalized spacial score (nSPS) is 11.2. The zero-order valence-corrected chi connectivity index (χ0v) is 15.6. The lowest BCUT2D eigenvalue weighted by molar-refractivity contribution is -0.384. The number of amides is 1. The van der Waals surface area contributed by atoms with Crippen molar-refractivity contribution in [3.8, 4) is 0 Å². The molecule has 148 valence electrons. The maximum Gasteiger partial charge on any atom is 0.420 e. The number of non-ortho nitro benzene ring substituents is 1. The third-order valence-electron chi connectivity index (χ3n) is 4.68. The van der Waals surface area contributed by atoms with Gasteiger partial charge in [-0.1, -0.05) is 6.92 Å². The molecular formula is C20H18N4O5. The van der Waals surface area contributed by atoms with Gasteiger partial charge in [-0.25, -0.2) is 4.79 Å². The van der Waals surface area contributed by atoms with E-state index in [0.29, 0.717) is 11.2 Å². The Morgan fingerprint density at radius 2 is 1.97 bits per heavy atom. The number of hydrogen-bond acceptors (Lipinski definition) is 5. The summed E-state index contributed by atoms with van der Waals surface area (Å²) in [5.41, 5.74) is 1.90. The molecule has 1 amide bonds. The predicted octanol–water partition coefficient (Wildman–Crippen LogP) is 3.51. The lowest BCUT2D eigenvalue weighted by atomic mass is 10.2. The Hall–Kier alpha value is -3.88. The molecule has 9 nitrogen and oxygen atoms in total. The number of hydrogen-bond donors (Lipinski definition) is 1. The van der Waals surface area contributed by atoms with E-state index in [1.54, 1.807) is 0 Å². The van der Waals surface area contributed by atoms with Crippen LogP contribution in [0.1, 0.15) is 13.3 Å². The van der Waals surface area contributed by atoms with Crippen LogP contribution in [0.25, 0.3) is 22.0 Å². The van der Waals surface area contributed by atoms with Crippen molar-refractivity contribution in [2.45, 2.75) is 26.4 Å². The van der Waals surface area contributed by atoms with Crippen LogP contribution in [0.5, 0.6) is 0 Å². The van der Waals surface area contributed by atoms with Crippen LogP contribution in [0.3, 0.4) is 0 Å². The number of carbonyl (C=O) groups is 1. The second-order valence-corrected chi connectivity index (χ2v) is 6.69. The van der Waals surface area contributed by atoms with Crippen LogP contribution >= 0.6 is 0 Å². The van der Waals surface area contributed by atoms with Crippen LogP contribution in [0, 0.1) is 10.1 Å². The first-order valence-electron chi connectivity index (χ1n) is 9.13. The molecule has 0 aliphatic heterocycles. The van der Waals surface area contributed by atoms with Crippen LogP contribution in [-0.4, -0.2) is 20.0 Å². The van der Waals surface area contributed by atoms with Gasteiger partial charge in [-0.05, 0) is 36.8 Å². The summed E-state index contributed by atoms with van der Waals surface area (Å²) in [7, 11) is 0. The maximum absolute atomic E-state index is 12.5. The predicted molar refractivity (Wildman–Crippen MR) is 108 cm³/mol. The second kappa shape index (κ2) is 7.27. The van der Waals surface area contributed by atoms with E-state index >= 15 is 0 Å². The summed E-state index contributed by atoms with van der Waals surface area (Å²) in [4.78, 5) is 34.8. The number of aryl methyl sites for hydroxylation is 1. The molecule has 0 bridgehead atoms. The van der Waals surface area contributed by atoms with E-state index in [4.69, 9.17) is 4.42 Å². The summed E-state index contributed by atoms with van der Waals surface area (Å²) >= 11 is 0. The average Bonchev–Trinajstić information content (AvgIpc) is 3.22. The van der Waals surface area contributed by atoms with Crippen molar-refractivity contribution in [2.75, 3.05) is 5.32 Å². The van der Waals surface area contributed by atoms with Gasteiger partial charge < -0.3 is 14.3 Å². The third-order valence-corrected chi connectivity index (χ3v) is 4.68. The first-order chi connectivity index (χ1) is 14.0. The van der Waals surface area contributed by atoms with Gasteiger partial charge in [-0.15, -0.1) is 0 Å². The molecule has 0 radical (unpaired) electrons. The van der Waals surface area contributed by atoms with Gasteiger partial charge in [0.05, 0.1) is 16.5 Å². The van der Waals surface area contributed by atoms with E-state index in [-0.39, 0.29) is 17.8 Å². The van der Waals surface area contributed by atoms with Crippen molar-refractivity contribution >= 4 is 39.3 Å². The zero-order valence-electron chi connectivity index (χ0n) is 15.6. The molecule has 0 saturated heterocycles. The van der Waals surface area contributed by atoms with Gasteiger partial charge in [0.15, 0.2) is 5.58 Å². The second-order valence-electron chi connectivity index (χ2n) is 6.69. The zero-order chi connectivity index (χ0) is 20.5. The minimum absolute atomic E-state index is 0.0654. The molecule has 1 N–H and O–H groups in total. The van der Waals surface area contributed by atoms with Crippen LogP contribution < -0.4 is 11.1 Å². The van der Waals surface area contributed by atoms with E-state index in [9.17, 15) is 19.7 Å². The molecule has 2 heterocycles. The standard InChI is InChI=1S/C20H18N4O5/c1-2-8-22-9-7-13-10-14(3-5-16(13)22)21-19(25)12-23-17-6-4-15(24(27)28)11-18(17)29-20(23)26/h3-7,9-11H,2,8,12H2,1H3,(H,21,25). The molecule has 2 aromatic carbocycles. The maximum atomic E-state index is 12.5. The van der Waals surface area contributed by atoms with Gasteiger partial charge in [-0.3, -0.25) is 19.5 Å². The highest BCUT2D eigenvalue weighted by molar-refractivity contribution is 5.94. The minimum atomic E-state index is -0.747. The summed E-state index contributed by atoms with van der Waals surface area (Å²) in [5, 5.41) is 14.6. The number of nitro benzene ring substituents is 1. The third kappa shape index (κ3) is 3.49. The molecule has 0 aliphatic rings. The minimum Gasteiger partial charge on any atom is -0.407 e. The highest BCUT2D eigenvalue weighted by atomic mass is 16.6. The molecule has 0 spiro atoms. The van der Waals surface area contributed by atoms with Gasteiger partial charge >= 0.3 is 5.76 Å². The van der Waals surface area contributed by atoms with E-state index in [1.165, 1.54) is 18.2 Å². The smallest absolute Gasteiger partial charge is 0.407 e. The topological polar surface area (TPSA) is 112 Å². The van der Waals surface area contributed by atoms with Crippen molar-refractivity contribution in [3.63, 3.8) is 0 Å². The number of nitrogens with one attached hydrogen (secondary N) is 1. The van der Waals surface area contributed by atoms with E-state index in [2.05, 4.69) is 16.8 Å². The van der Waals surface area contributed by atoms with Gasteiger partial charge in [0.25, 0.3) is 5.69 Å². The number of carbonyl (C=O) groups excluding carboxylic acids is 1. The molecule has 0 unspecified atom stereocenters. The summed E-state index contributed by atoms with van der Waals surface area (Å²) in [6.45, 7) is 2.77. The summed E-state index contributed by atoms with van der Waals surface area (Å²) in [6, 6.07) is 11.4. The van der Waals surface area contributed by atoms with Crippen molar-refractivity contribution in [1.29, 1.82) is 0 Å². The van der Waals surface area contributed by atoms with Crippen molar-refractivity contribution in [2.24, 2.45) is 0 Å². The molecule has 2 aromatic heterocycles. The average molecular weight is 394 g/mol. The highest BCUT2D eigenvalue weighted by Crippen LogP contribution is 2.22. The van der Waals surface area contributed by atoms with Crippen molar-refractivity contribution in [3.05, 3.63) is 69.3 Å². The van der Waals surface area contributed by atoms with E-state index in [0.717, 1.165) is 28.4 Å². The van der Waals surface area contributed by atoms with Crippen molar-refractivity contribution in [1.82, 2.24) is 9.13 Å². The lowest BCUT2D eigenvalue weighted by Gasteiger charge is -2.07. The first-order valence-corrected chi connectivity index (χ1v) is 9.13. The Morgan fingerprint density at radius 3 is 2.72 bits per heavy atom.